The third-order valence-corrected chi connectivity index (χ3v) is 10.6. The molecule has 0 aliphatic carbocycles. The highest BCUT2D eigenvalue weighted by atomic mass is 32.2. The second-order valence-corrected chi connectivity index (χ2v) is 14.5. The number of sulfone groups is 1. The average Bonchev–Trinajstić information content (AvgIpc) is 3.34. The largest absolute Gasteiger partial charge is 0.376 e. The van der Waals surface area contributed by atoms with E-state index < -0.39 is 9.84 Å². The van der Waals surface area contributed by atoms with Crippen LogP contribution in [-0.4, -0.2) is 90.6 Å². The van der Waals surface area contributed by atoms with E-state index in [0.717, 1.165) is 47.8 Å². The molecule has 4 aliphatic heterocycles. The Morgan fingerprint density at radius 1 is 1.14 bits per heavy atom. The van der Waals surface area contributed by atoms with E-state index in [1.807, 2.05) is 23.2 Å². The normalized spacial score (nSPS) is 26.7. The molecule has 0 radical (unpaired) electrons. The molecular formula is C31H37N7O4S. The smallest absolute Gasteiger partial charge is 0.246 e. The van der Waals surface area contributed by atoms with Gasteiger partial charge in [-0.15, -0.1) is 0 Å². The summed E-state index contributed by atoms with van der Waals surface area (Å²) < 4.78 is 29.7. The number of amides is 1. The van der Waals surface area contributed by atoms with Crippen LogP contribution in [-0.2, 0) is 19.4 Å². The zero-order valence-electron chi connectivity index (χ0n) is 24.5. The number of hydrogen-bond donors (Lipinski definition) is 1. The Balaban J connectivity index is 1.21. The molecule has 5 atom stereocenters. The van der Waals surface area contributed by atoms with Crippen LogP contribution in [0.25, 0.3) is 10.8 Å². The number of aromatic nitrogens is 3. The molecule has 12 heteroatoms. The van der Waals surface area contributed by atoms with Crippen LogP contribution in [0.2, 0.25) is 0 Å². The van der Waals surface area contributed by atoms with Crippen LogP contribution < -0.4 is 15.1 Å². The molecule has 4 saturated heterocycles. The number of ether oxygens (including phenoxy) is 1. The summed E-state index contributed by atoms with van der Waals surface area (Å²) in [4.78, 5) is 33.0. The maximum absolute atomic E-state index is 12.6. The average molecular weight is 604 g/mol. The third kappa shape index (κ3) is 5.20. The van der Waals surface area contributed by atoms with Gasteiger partial charge in [0.15, 0.2) is 0 Å². The van der Waals surface area contributed by atoms with Crippen molar-refractivity contribution in [3.8, 4) is 0 Å². The summed E-state index contributed by atoms with van der Waals surface area (Å²) in [5.74, 6) is 2.17. The van der Waals surface area contributed by atoms with Gasteiger partial charge in [0.1, 0.15) is 21.5 Å². The molecule has 11 nitrogen and oxygen atoms in total. The van der Waals surface area contributed by atoms with Gasteiger partial charge in [0.05, 0.1) is 30.5 Å². The SMILES string of the molecule is C=CC(=O)N1CC[C@H]1c1ccc(N2C[C@H](CS(C)(=O)=O)[C@H]2C)c2cnc(Nc3ccnc(N4CC[C@H]5C[C@@H]4CO5)n3)cc12. The molecule has 4 aliphatic rings. The van der Waals surface area contributed by atoms with Crippen LogP contribution in [0.3, 0.4) is 0 Å². The molecule has 2 bridgehead atoms. The van der Waals surface area contributed by atoms with E-state index in [0.29, 0.717) is 49.4 Å². The minimum Gasteiger partial charge on any atom is -0.376 e. The summed E-state index contributed by atoms with van der Waals surface area (Å²) >= 11 is 0. The summed E-state index contributed by atoms with van der Waals surface area (Å²) in [7, 11) is -3.06. The van der Waals surface area contributed by atoms with Crippen molar-refractivity contribution in [3.05, 3.63) is 54.9 Å². The number of pyridine rings is 1. The van der Waals surface area contributed by atoms with Gasteiger partial charge < -0.3 is 24.8 Å². The Kier molecular flexibility index (Phi) is 7.00. The molecule has 43 heavy (non-hydrogen) atoms. The van der Waals surface area contributed by atoms with Gasteiger partial charge in [-0.3, -0.25) is 4.79 Å². The summed E-state index contributed by atoms with van der Waals surface area (Å²) in [6, 6.07) is 8.38. The van der Waals surface area contributed by atoms with Gasteiger partial charge in [-0.25, -0.2) is 18.4 Å². The van der Waals surface area contributed by atoms with E-state index >= 15 is 0 Å². The van der Waals surface area contributed by atoms with Crippen LogP contribution in [0.5, 0.6) is 0 Å². The summed E-state index contributed by atoms with van der Waals surface area (Å²) in [6.45, 7) is 8.70. The Hall–Kier alpha value is -3.77. The summed E-state index contributed by atoms with van der Waals surface area (Å²) in [6.07, 6.45) is 9.51. The predicted octanol–water partition coefficient (Wildman–Crippen LogP) is 3.46. The molecule has 1 amide bonds. The Morgan fingerprint density at radius 2 is 2.00 bits per heavy atom. The summed E-state index contributed by atoms with van der Waals surface area (Å²) in [5, 5.41) is 5.36. The molecule has 1 aromatic carbocycles. The molecule has 4 fully saturated rings. The number of hydrogen-bond acceptors (Lipinski definition) is 10. The highest BCUT2D eigenvalue weighted by Gasteiger charge is 2.40. The van der Waals surface area contributed by atoms with Crippen LogP contribution in [0.4, 0.5) is 23.3 Å². The second kappa shape index (κ2) is 10.7. The number of carbonyl (C=O) groups is 1. The Morgan fingerprint density at radius 3 is 2.74 bits per heavy atom. The zero-order valence-corrected chi connectivity index (χ0v) is 25.3. The standard InChI is InChI=1S/C31H37N7O4S/c1-4-30(39)37-12-9-27(37)23-5-6-26(38-16-20(19(38)2)18-43(3,40)41)25-15-33-29(14-24(23)25)34-28-7-10-32-31(35-28)36-11-8-22-13-21(36)17-42-22/h4-7,10,14-15,19-22,27H,1,8-9,11-13,16-18H2,2-3H3,(H,32,33,34,35)/t19-,20-,21-,22+,27+/m1/s1. The van der Waals surface area contributed by atoms with Crippen molar-refractivity contribution in [1.82, 2.24) is 19.9 Å². The number of anilines is 4. The molecule has 3 aromatic rings. The van der Waals surface area contributed by atoms with Crippen molar-refractivity contribution in [2.45, 2.75) is 50.4 Å². The van der Waals surface area contributed by atoms with Gasteiger partial charge in [-0.2, -0.15) is 4.98 Å². The van der Waals surface area contributed by atoms with Crippen molar-refractivity contribution >= 4 is 49.8 Å². The van der Waals surface area contributed by atoms with Crippen molar-refractivity contribution in [3.63, 3.8) is 0 Å². The zero-order chi connectivity index (χ0) is 29.9. The molecule has 7 rings (SSSR count). The number of likely N-dealkylation sites (tertiary alicyclic amines) is 1. The first kappa shape index (κ1) is 28.0. The van der Waals surface area contributed by atoms with Gasteiger partial charge in [0.25, 0.3) is 0 Å². The molecule has 6 heterocycles. The van der Waals surface area contributed by atoms with Crippen LogP contribution in [0, 0.1) is 5.92 Å². The summed E-state index contributed by atoms with van der Waals surface area (Å²) in [5.41, 5.74) is 2.07. The Bertz CT molecular complexity index is 1700. The van der Waals surface area contributed by atoms with Gasteiger partial charge in [-0.1, -0.05) is 12.6 Å². The lowest BCUT2D eigenvalue weighted by Gasteiger charge is -2.48. The second-order valence-electron chi connectivity index (χ2n) is 12.3. The first-order valence-corrected chi connectivity index (χ1v) is 17.0. The van der Waals surface area contributed by atoms with E-state index in [-0.39, 0.29) is 29.7 Å². The fourth-order valence-corrected chi connectivity index (χ4v) is 8.22. The number of rotatable bonds is 8. The Labute approximate surface area is 251 Å². The minimum atomic E-state index is -3.06. The lowest BCUT2D eigenvalue weighted by molar-refractivity contribution is -0.133. The molecule has 0 spiro atoms. The number of carbonyl (C=O) groups excluding carboxylic acids is 1. The number of piperidine rings is 1. The molecule has 0 unspecified atom stereocenters. The molecule has 226 valence electrons. The van der Waals surface area contributed by atoms with Crippen molar-refractivity contribution < 1.29 is 17.9 Å². The van der Waals surface area contributed by atoms with Gasteiger partial charge in [0.2, 0.25) is 11.9 Å². The third-order valence-electron chi connectivity index (χ3n) is 9.53. The molecule has 0 saturated carbocycles. The quantitative estimate of drug-likeness (QED) is 0.383. The van der Waals surface area contributed by atoms with E-state index in [1.54, 1.807) is 6.20 Å². The first-order chi connectivity index (χ1) is 20.7. The fourth-order valence-electron chi connectivity index (χ4n) is 7.06. The number of nitrogens with one attached hydrogen (secondary N) is 1. The van der Waals surface area contributed by atoms with Crippen molar-refractivity contribution in [1.29, 1.82) is 0 Å². The maximum Gasteiger partial charge on any atom is 0.246 e. The first-order valence-electron chi connectivity index (χ1n) is 15.0. The number of benzene rings is 1. The van der Waals surface area contributed by atoms with Crippen molar-refractivity contribution in [2.24, 2.45) is 5.92 Å². The predicted molar refractivity (Wildman–Crippen MR) is 166 cm³/mol. The fraction of sp³-hybridized carbons (Fsp3) is 0.484. The van der Waals surface area contributed by atoms with E-state index in [2.05, 4.69) is 45.7 Å². The highest BCUT2D eigenvalue weighted by Crippen LogP contribution is 2.43. The monoisotopic (exact) mass is 603 g/mol. The van der Waals surface area contributed by atoms with E-state index in [1.165, 1.54) is 12.3 Å². The van der Waals surface area contributed by atoms with Crippen molar-refractivity contribution in [2.75, 3.05) is 53.4 Å². The van der Waals surface area contributed by atoms with Gasteiger partial charge in [-0.05, 0) is 61.4 Å². The van der Waals surface area contributed by atoms with Crippen LogP contribution in [0.1, 0.15) is 37.8 Å². The molecule has 1 N–H and O–H groups in total. The molecular weight excluding hydrogens is 566 g/mol. The lowest BCUT2D eigenvalue weighted by atomic mass is 9.87. The van der Waals surface area contributed by atoms with E-state index in [4.69, 9.17) is 14.7 Å². The highest BCUT2D eigenvalue weighted by molar-refractivity contribution is 7.90. The maximum atomic E-state index is 12.6. The van der Waals surface area contributed by atoms with Gasteiger partial charge >= 0.3 is 0 Å². The lowest BCUT2D eigenvalue weighted by Crippen LogP contribution is -2.57. The molecule has 2 aromatic heterocycles. The van der Waals surface area contributed by atoms with Crippen LogP contribution in [0.15, 0.2) is 49.3 Å². The number of nitrogens with zero attached hydrogens (tertiary/aromatic N) is 6. The van der Waals surface area contributed by atoms with Crippen LogP contribution >= 0.6 is 0 Å². The number of fused-ring (bicyclic) bond motifs is 3. The van der Waals surface area contributed by atoms with Gasteiger partial charge in [0, 0.05) is 61.3 Å². The topological polar surface area (TPSA) is 121 Å². The minimum absolute atomic E-state index is 0.0497. The van der Waals surface area contributed by atoms with E-state index in [9.17, 15) is 13.2 Å².